The Morgan fingerprint density at radius 3 is 1.68 bits per heavy atom. The topological polar surface area (TPSA) is 108 Å². The van der Waals surface area contributed by atoms with Crippen LogP contribution in [-0.4, -0.2) is 40.6 Å². The van der Waals surface area contributed by atoms with Crippen LogP contribution in [0.5, 0.6) is 0 Å². The molecule has 2 atom stereocenters. The molecule has 4 N–H and O–H groups in total. The summed E-state index contributed by atoms with van der Waals surface area (Å²) in [5.74, 6) is 1.00. The fourth-order valence-electron chi connectivity index (χ4n) is 8.16. The minimum atomic E-state index is -0.974. The maximum absolute atomic E-state index is 13.3. The van der Waals surface area contributed by atoms with E-state index < -0.39 is 12.0 Å². The van der Waals surface area contributed by atoms with Gasteiger partial charge in [-0.3, -0.25) is 4.79 Å². The summed E-state index contributed by atoms with van der Waals surface area (Å²) in [5.41, 5.74) is -0.0730. The Bertz CT molecular complexity index is 750. The summed E-state index contributed by atoms with van der Waals surface area (Å²) in [6.07, 6.45) is 23.3. The third-order valence-electron chi connectivity index (χ3n) is 9.82. The molecule has 4 rings (SSSR count). The standard InChI is InChI=1S/C33H59N3O4/c1-3-5-7-9-11-12-14-16-28(21-30(37)35-29(31(38)39)17-15-13-10-8-6-4-2)34-32(40)36-33-22-25-18-26(23-33)20-27(19-25)24-33/h25-29H,3-24H2,1-2H3,(H,35,37)(H,38,39)(H2,34,36,40). The van der Waals surface area contributed by atoms with E-state index in [0.717, 1.165) is 75.5 Å². The van der Waals surface area contributed by atoms with Crippen molar-refractivity contribution in [1.29, 1.82) is 0 Å². The van der Waals surface area contributed by atoms with Crippen LogP contribution in [0.15, 0.2) is 0 Å². The summed E-state index contributed by atoms with van der Waals surface area (Å²) in [7, 11) is 0. The molecule has 0 aliphatic heterocycles. The van der Waals surface area contributed by atoms with Gasteiger partial charge in [-0.1, -0.05) is 97.3 Å². The van der Waals surface area contributed by atoms with Crippen molar-refractivity contribution in [2.24, 2.45) is 17.8 Å². The molecule has 4 bridgehead atoms. The van der Waals surface area contributed by atoms with Crippen molar-refractivity contribution in [2.45, 2.75) is 173 Å². The van der Waals surface area contributed by atoms with Crippen LogP contribution >= 0.6 is 0 Å². The van der Waals surface area contributed by atoms with Crippen LogP contribution in [0.3, 0.4) is 0 Å². The molecular formula is C33H59N3O4. The fourth-order valence-corrected chi connectivity index (χ4v) is 8.16. The number of aliphatic carboxylic acids is 1. The summed E-state index contributed by atoms with van der Waals surface area (Å²) in [4.78, 5) is 38.1. The van der Waals surface area contributed by atoms with Gasteiger partial charge >= 0.3 is 12.0 Å². The number of carbonyl (C=O) groups is 3. The number of carboxylic acid groups (broad SMARTS) is 1. The van der Waals surface area contributed by atoms with E-state index in [1.807, 2.05) is 0 Å². The van der Waals surface area contributed by atoms with Gasteiger partial charge in [0, 0.05) is 18.0 Å². The minimum absolute atomic E-state index is 0.0730. The minimum Gasteiger partial charge on any atom is -0.480 e. The van der Waals surface area contributed by atoms with Crippen molar-refractivity contribution in [3.8, 4) is 0 Å². The van der Waals surface area contributed by atoms with E-state index >= 15 is 0 Å². The number of unbranched alkanes of at least 4 members (excludes halogenated alkanes) is 11. The van der Waals surface area contributed by atoms with Crippen LogP contribution in [0.25, 0.3) is 0 Å². The Kier molecular flexibility index (Phi) is 14.1. The molecule has 0 heterocycles. The fraction of sp³-hybridized carbons (Fsp3) is 0.909. The van der Waals surface area contributed by atoms with E-state index in [9.17, 15) is 19.5 Å². The van der Waals surface area contributed by atoms with Gasteiger partial charge in [0.15, 0.2) is 0 Å². The average molecular weight is 562 g/mol. The summed E-state index contributed by atoms with van der Waals surface area (Å²) in [5, 5.41) is 19.0. The highest BCUT2D eigenvalue weighted by Gasteiger charge is 2.51. The molecule has 40 heavy (non-hydrogen) atoms. The normalized spacial score (nSPS) is 26.3. The van der Waals surface area contributed by atoms with Crippen molar-refractivity contribution in [1.82, 2.24) is 16.0 Å². The van der Waals surface area contributed by atoms with Crippen molar-refractivity contribution < 1.29 is 19.5 Å². The van der Waals surface area contributed by atoms with Crippen LogP contribution in [0.4, 0.5) is 4.79 Å². The summed E-state index contributed by atoms with van der Waals surface area (Å²) in [6.45, 7) is 4.40. The highest BCUT2D eigenvalue weighted by atomic mass is 16.4. The zero-order valence-electron chi connectivity index (χ0n) is 25.6. The molecule has 7 heteroatoms. The lowest BCUT2D eigenvalue weighted by molar-refractivity contribution is -0.142. The molecule has 7 nitrogen and oxygen atoms in total. The molecule has 0 radical (unpaired) electrons. The molecule has 0 aromatic rings. The predicted molar refractivity (Wildman–Crippen MR) is 161 cm³/mol. The number of hydrogen-bond acceptors (Lipinski definition) is 3. The number of carbonyl (C=O) groups excluding carboxylic acids is 2. The van der Waals surface area contributed by atoms with Gasteiger partial charge in [0.25, 0.3) is 0 Å². The summed E-state index contributed by atoms with van der Waals surface area (Å²) in [6, 6.07) is -1.30. The molecule has 0 aromatic carbocycles. The molecule has 0 spiro atoms. The largest absolute Gasteiger partial charge is 0.480 e. The first-order valence-corrected chi connectivity index (χ1v) is 16.9. The van der Waals surface area contributed by atoms with Crippen LogP contribution < -0.4 is 16.0 Å². The Balaban J connectivity index is 1.49. The van der Waals surface area contributed by atoms with Crippen LogP contribution in [0, 0.1) is 17.8 Å². The Morgan fingerprint density at radius 1 is 0.700 bits per heavy atom. The lowest BCUT2D eigenvalue weighted by Gasteiger charge is -2.56. The van der Waals surface area contributed by atoms with Crippen molar-refractivity contribution in [3.05, 3.63) is 0 Å². The van der Waals surface area contributed by atoms with E-state index in [-0.39, 0.29) is 29.9 Å². The van der Waals surface area contributed by atoms with Gasteiger partial charge in [-0.25, -0.2) is 9.59 Å². The first-order chi connectivity index (χ1) is 19.3. The smallest absolute Gasteiger partial charge is 0.326 e. The molecule has 230 valence electrons. The summed E-state index contributed by atoms with van der Waals surface area (Å²) >= 11 is 0. The SMILES string of the molecule is CCCCCCCCCC(CC(=O)NC(CCCCCCCC)C(=O)O)NC(=O)NC12CC3CC(CC(C3)C1)C2. The Labute approximate surface area is 243 Å². The maximum atomic E-state index is 13.3. The third kappa shape index (κ3) is 11.2. The zero-order chi connectivity index (χ0) is 28.8. The van der Waals surface area contributed by atoms with Crippen LogP contribution in [0.2, 0.25) is 0 Å². The van der Waals surface area contributed by atoms with Gasteiger partial charge in [-0.2, -0.15) is 0 Å². The molecule has 0 saturated heterocycles. The van der Waals surface area contributed by atoms with Gasteiger partial charge in [0.1, 0.15) is 6.04 Å². The number of rotatable bonds is 21. The summed E-state index contributed by atoms with van der Waals surface area (Å²) < 4.78 is 0. The molecule has 4 fully saturated rings. The molecular weight excluding hydrogens is 502 g/mol. The van der Waals surface area contributed by atoms with Crippen LogP contribution in [-0.2, 0) is 9.59 Å². The number of nitrogens with one attached hydrogen (secondary N) is 3. The van der Waals surface area contributed by atoms with Crippen molar-refractivity contribution in [2.75, 3.05) is 0 Å². The van der Waals surface area contributed by atoms with Crippen LogP contribution in [0.1, 0.15) is 155 Å². The Morgan fingerprint density at radius 2 is 1.18 bits per heavy atom. The second-order valence-corrected chi connectivity index (χ2v) is 13.6. The Hall–Kier alpha value is -1.79. The second kappa shape index (κ2) is 17.2. The zero-order valence-corrected chi connectivity index (χ0v) is 25.6. The lowest BCUT2D eigenvalue weighted by atomic mass is 9.53. The van der Waals surface area contributed by atoms with E-state index in [0.29, 0.717) is 6.42 Å². The van der Waals surface area contributed by atoms with Gasteiger partial charge in [-0.15, -0.1) is 0 Å². The second-order valence-electron chi connectivity index (χ2n) is 13.6. The van der Waals surface area contributed by atoms with E-state index in [4.69, 9.17) is 0 Å². The highest BCUT2D eigenvalue weighted by molar-refractivity contribution is 5.84. The predicted octanol–water partition coefficient (Wildman–Crippen LogP) is 7.47. The van der Waals surface area contributed by atoms with Gasteiger partial charge in [0.2, 0.25) is 5.91 Å². The first-order valence-electron chi connectivity index (χ1n) is 16.9. The molecule has 2 unspecified atom stereocenters. The molecule has 0 aromatic heterocycles. The third-order valence-corrected chi connectivity index (χ3v) is 9.82. The van der Waals surface area contributed by atoms with E-state index in [2.05, 4.69) is 29.8 Å². The van der Waals surface area contributed by atoms with Crippen molar-refractivity contribution >= 4 is 17.9 Å². The average Bonchev–Trinajstić information content (AvgIpc) is 2.88. The molecule has 4 aliphatic rings. The van der Waals surface area contributed by atoms with Gasteiger partial charge in [0.05, 0.1) is 0 Å². The highest BCUT2D eigenvalue weighted by Crippen LogP contribution is 2.55. The number of amides is 3. The quantitative estimate of drug-likeness (QED) is 0.109. The maximum Gasteiger partial charge on any atom is 0.326 e. The first kappa shape index (κ1) is 32.7. The number of urea groups is 1. The number of carboxylic acids is 1. The van der Waals surface area contributed by atoms with Gasteiger partial charge in [-0.05, 0) is 69.1 Å². The van der Waals surface area contributed by atoms with Crippen molar-refractivity contribution in [3.63, 3.8) is 0 Å². The van der Waals surface area contributed by atoms with E-state index in [1.165, 1.54) is 70.6 Å². The molecule has 3 amide bonds. The molecule has 4 aliphatic carbocycles. The van der Waals surface area contributed by atoms with Gasteiger partial charge < -0.3 is 21.1 Å². The number of hydrogen-bond donors (Lipinski definition) is 4. The molecule has 4 saturated carbocycles. The lowest BCUT2D eigenvalue weighted by Crippen LogP contribution is -2.62. The monoisotopic (exact) mass is 561 g/mol. The van der Waals surface area contributed by atoms with E-state index in [1.54, 1.807) is 0 Å².